The third kappa shape index (κ3) is 3.99. The van der Waals surface area contributed by atoms with Gasteiger partial charge in [0.2, 0.25) is 0 Å². The van der Waals surface area contributed by atoms with Crippen LogP contribution in [-0.2, 0) is 22.4 Å². The molecule has 1 aromatic heterocycles. The lowest BCUT2D eigenvalue weighted by molar-refractivity contribution is 0.0600. The molecule has 0 spiro atoms. The first-order valence-corrected chi connectivity index (χ1v) is 9.47. The second-order valence-electron chi connectivity index (χ2n) is 6.03. The molecule has 0 saturated heterocycles. The fourth-order valence-corrected chi connectivity index (χ4v) is 4.20. The normalized spacial score (nSPS) is 12.9. The summed E-state index contributed by atoms with van der Waals surface area (Å²) in [4.78, 5) is 39.2. The Balaban J connectivity index is 1.89. The minimum atomic E-state index is -0.559. The number of ether oxygens (including phenoxy) is 2. The average molecular weight is 406 g/mol. The molecule has 2 aromatic rings. The quantitative estimate of drug-likeness (QED) is 0.787. The smallest absolute Gasteiger partial charge is 0.410 e. The van der Waals surface area contributed by atoms with E-state index in [2.05, 4.69) is 5.32 Å². The molecule has 1 N–H and O–H groups in total. The number of halogens is 1. The van der Waals surface area contributed by atoms with Gasteiger partial charge in [-0.15, -0.1) is 11.3 Å². The van der Waals surface area contributed by atoms with E-state index in [1.807, 2.05) is 0 Å². The summed E-state index contributed by atoms with van der Waals surface area (Å²) in [6.07, 6.45) is 0.0275. The van der Waals surface area contributed by atoms with Gasteiger partial charge in [-0.3, -0.25) is 4.79 Å². The zero-order valence-electron chi connectivity index (χ0n) is 15.4. The van der Waals surface area contributed by atoms with Crippen LogP contribution < -0.4 is 5.32 Å². The Kier molecular flexibility index (Phi) is 5.93. The molecule has 0 fully saturated rings. The van der Waals surface area contributed by atoms with Crippen LogP contribution in [0.2, 0.25) is 0 Å². The number of hydrogen-bond donors (Lipinski definition) is 1. The zero-order valence-corrected chi connectivity index (χ0v) is 16.2. The topological polar surface area (TPSA) is 84.9 Å². The van der Waals surface area contributed by atoms with E-state index in [0.717, 1.165) is 10.4 Å². The Morgan fingerprint density at radius 3 is 2.61 bits per heavy atom. The lowest BCUT2D eigenvalue weighted by atomic mass is 10.0. The predicted octanol–water partition coefficient (Wildman–Crippen LogP) is 3.44. The van der Waals surface area contributed by atoms with Gasteiger partial charge in [0.15, 0.2) is 0 Å². The molecule has 1 aliphatic rings. The molecule has 9 heteroatoms. The molecule has 0 atom stereocenters. The monoisotopic (exact) mass is 406 g/mol. The highest BCUT2D eigenvalue weighted by atomic mass is 32.1. The summed E-state index contributed by atoms with van der Waals surface area (Å²) in [6.45, 7) is 2.70. The number of benzene rings is 1. The van der Waals surface area contributed by atoms with E-state index in [1.165, 1.54) is 42.7 Å². The summed E-state index contributed by atoms with van der Waals surface area (Å²) in [5.74, 6) is -1.47. The maximum Gasteiger partial charge on any atom is 0.410 e. The molecular weight excluding hydrogens is 387 g/mol. The van der Waals surface area contributed by atoms with Crippen LogP contribution in [0, 0.1) is 5.82 Å². The summed E-state index contributed by atoms with van der Waals surface area (Å²) in [5, 5.41) is 3.05. The first-order chi connectivity index (χ1) is 13.4. The molecule has 28 heavy (non-hydrogen) atoms. The Morgan fingerprint density at radius 1 is 1.25 bits per heavy atom. The summed E-state index contributed by atoms with van der Waals surface area (Å²) in [6, 6.07) is 5.09. The number of carbonyl (C=O) groups excluding carboxylic acids is 3. The minimum absolute atomic E-state index is 0.261. The van der Waals surface area contributed by atoms with Crippen LogP contribution in [0.5, 0.6) is 0 Å². The van der Waals surface area contributed by atoms with Crippen LogP contribution in [0.1, 0.15) is 38.1 Å². The van der Waals surface area contributed by atoms with Crippen molar-refractivity contribution in [3.8, 4) is 0 Å². The van der Waals surface area contributed by atoms with Gasteiger partial charge in [0, 0.05) is 17.0 Å². The summed E-state index contributed by atoms with van der Waals surface area (Å²) < 4.78 is 23.0. The van der Waals surface area contributed by atoms with Gasteiger partial charge in [0.25, 0.3) is 5.91 Å². The maximum atomic E-state index is 13.1. The highest BCUT2D eigenvalue weighted by Crippen LogP contribution is 2.38. The molecule has 0 unspecified atom stereocenters. The molecule has 0 aliphatic carbocycles. The van der Waals surface area contributed by atoms with Crippen molar-refractivity contribution in [3.05, 3.63) is 51.7 Å². The standard InChI is InChI=1S/C19H19FN2O5S/c1-3-27-19(25)22-9-8-13-14(10-22)28-17(15(13)18(24)26-2)21-16(23)11-4-6-12(20)7-5-11/h4-7H,3,8-10H2,1-2H3,(H,21,23). The fourth-order valence-electron chi connectivity index (χ4n) is 2.96. The van der Waals surface area contributed by atoms with Gasteiger partial charge >= 0.3 is 12.1 Å². The van der Waals surface area contributed by atoms with Gasteiger partial charge in [-0.2, -0.15) is 0 Å². The van der Waals surface area contributed by atoms with Crippen molar-refractivity contribution < 1.29 is 28.2 Å². The van der Waals surface area contributed by atoms with Crippen molar-refractivity contribution >= 4 is 34.3 Å². The molecule has 0 radical (unpaired) electrons. The van der Waals surface area contributed by atoms with Crippen molar-refractivity contribution in [1.82, 2.24) is 4.90 Å². The number of anilines is 1. The Morgan fingerprint density at radius 2 is 1.96 bits per heavy atom. The van der Waals surface area contributed by atoms with Crippen molar-refractivity contribution in [1.29, 1.82) is 0 Å². The van der Waals surface area contributed by atoms with Crippen molar-refractivity contribution in [2.24, 2.45) is 0 Å². The van der Waals surface area contributed by atoms with Crippen molar-refractivity contribution in [3.63, 3.8) is 0 Å². The fraction of sp³-hybridized carbons (Fsp3) is 0.316. The summed E-state index contributed by atoms with van der Waals surface area (Å²) in [5.41, 5.74) is 1.31. The lowest BCUT2D eigenvalue weighted by Gasteiger charge is -2.26. The van der Waals surface area contributed by atoms with Crippen LogP contribution >= 0.6 is 11.3 Å². The van der Waals surface area contributed by atoms with E-state index >= 15 is 0 Å². The molecular formula is C19H19FN2O5S. The van der Waals surface area contributed by atoms with E-state index in [9.17, 15) is 18.8 Å². The molecule has 7 nitrogen and oxygen atoms in total. The van der Waals surface area contributed by atoms with Gasteiger partial charge in [0.05, 0.1) is 25.8 Å². The lowest BCUT2D eigenvalue weighted by Crippen LogP contribution is -2.36. The van der Waals surface area contributed by atoms with Gasteiger partial charge < -0.3 is 19.7 Å². The molecule has 1 aromatic carbocycles. The number of amides is 2. The van der Waals surface area contributed by atoms with E-state index in [1.54, 1.807) is 11.8 Å². The SMILES string of the molecule is CCOC(=O)N1CCc2c(sc(NC(=O)c3ccc(F)cc3)c2C(=O)OC)C1. The number of nitrogens with one attached hydrogen (secondary N) is 1. The number of nitrogens with zero attached hydrogens (tertiary/aromatic N) is 1. The molecule has 0 bridgehead atoms. The third-order valence-corrected chi connectivity index (χ3v) is 5.44. The van der Waals surface area contributed by atoms with E-state index in [-0.39, 0.29) is 18.7 Å². The number of rotatable bonds is 4. The van der Waals surface area contributed by atoms with E-state index < -0.39 is 23.8 Å². The largest absolute Gasteiger partial charge is 0.465 e. The molecule has 1 aliphatic heterocycles. The number of esters is 1. The van der Waals surface area contributed by atoms with Gasteiger partial charge in [-0.25, -0.2) is 14.0 Å². The van der Waals surface area contributed by atoms with Gasteiger partial charge in [-0.1, -0.05) is 0 Å². The molecule has 3 rings (SSSR count). The molecule has 0 saturated carbocycles. The minimum Gasteiger partial charge on any atom is -0.465 e. The Bertz CT molecular complexity index is 910. The third-order valence-electron chi connectivity index (χ3n) is 4.31. The van der Waals surface area contributed by atoms with E-state index in [4.69, 9.17) is 9.47 Å². The summed E-state index contributed by atoms with van der Waals surface area (Å²) in [7, 11) is 1.27. The Labute approximate surface area is 165 Å². The van der Waals surface area contributed by atoms with Gasteiger partial charge in [-0.05, 0) is 43.2 Å². The van der Waals surface area contributed by atoms with Gasteiger partial charge in [0.1, 0.15) is 10.8 Å². The van der Waals surface area contributed by atoms with Crippen LogP contribution in [0.3, 0.4) is 0 Å². The summed E-state index contributed by atoms with van der Waals surface area (Å²) >= 11 is 1.21. The number of thiophene rings is 1. The zero-order chi connectivity index (χ0) is 20.3. The van der Waals surface area contributed by atoms with Crippen LogP contribution in [0.4, 0.5) is 14.2 Å². The molecule has 148 valence electrons. The second-order valence-corrected chi connectivity index (χ2v) is 7.14. The highest BCUT2D eigenvalue weighted by Gasteiger charge is 2.31. The second kappa shape index (κ2) is 8.39. The average Bonchev–Trinajstić information content (AvgIpc) is 3.04. The number of hydrogen-bond acceptors (Lipinski definition) is 6. The Hall–Kier alpha value is -2.94. The number of fused-ring (bicyclic) bond motifs is 1. The van der Waals surface area contributed by atoms with Crippen LogP contribution in [0.25, 0.3) is 0 Å². The highest BCUT2D eigenvalue weighted by molar-refractivity contribution is 7.17. The predicted molar refractivity (Wildman–Crippen MR) is 101 cm³/mol. The maximum absolute atomic E-state index is 13.1. The molecule has 2 amide bonds. The van der Waals surface area contributed by atoms with E-state index in [0.29, 0.717) is 23.5 Å². The van der Waals surface area contributed by atoms with Crippen LogP contribution in [0.15, 0.2) is 24.3 Å². The molecule has 2 heterocycles. The number of carbonyl (C=O) groups is 3. The van der Waals surface area contributed by atoms with Crippen molar-refractivity contribution in [2.75, 3.05) is 25.6 Å². The number of methoxy groups -OCH3 is 1. The first-order valence-electron chi connectivity index (χ1n) is 8.66. The van der Waals surface area contributed by atoms with Crippen molar-refractivity contribution in [2.45, 2.75) is 19.9 Å². The van der Waals surface area contributed by atoms with Crippen LogP contribution in [-0.4, -0.2) is 43.1 Å². The first kappa shape index (κ1) is 19.8.